The first-order chi connectivity index (χ1) is 7.61. The van der Waals surface area contributed by atoms with Gasteiger partial charge in [-0.3, -0.25) is 0 Å². The molecule has 0 saturated carbocycles. The number of rotatable bonds is 6. The minimum absolute atomic E-state index is 0.226. The van der Waals surface area contributed by atoms with Crippen molar-refractivity contribution in [2.24, 2.45) is 0 Å². The first kappa shape index (κ1) is 13.9. The molecule has 0 radical (unpaired) electrons. The van der Waals surface area contributed by atoms with Crippen molar-refractivity contribution in [2.75, 3.05) is 25.9 Å². The highest BCUT2D eigenvalue weighted by atomic mass is 32.2. The second kappa shape index (κ2) is 6.57. The molecule has 5 heteroatoms. The molecule has 0 spiro atoms. The van der Waals surface area contributed by atoms with Gasteiger partial charge in [-0.25, -0.2) is 8.42 Å². The number of nitrogens with zero attached hydrogens (tertiary/aromatic N) is 1. The summed E-state index contributed by atoms with van der Waals surface area (Å²) in [7, 11) is -1.26. The molecule has 0 aromatic heterocycles. The van der Waals surface area contributed by atoms with E-state index in [1.165, 1.54) is 6.42 Å². The van der Waals surface area contributed by atoms with Gasteiger partial charge >= 0.3 is 0 Å². The maximum Gasteiger partial charge on any atom is 0.215 e. The molecular formula is C11H24N2O2S. The highest BCUT2D eigenvalue weighted by Gasteiger charge is 2.30. The fourth-order valence-corrected chi connectivity index (χ4v) is 4.08. The Bertz CT molecular complexity index is 288. The molecule has 0 amide bonds. The Morgan fingerprint density at radius 3 is 2.75 bits per heavy atom. The van der Waals surface area contributed by atoms with Crippen LogP contribution in [0.2, 0.25) is 0 Å². The Balaban J connectivity index is 2.66. The first-order valence-corrected chi connectivity index (χ1v) is 7.87. The molecule has 0 aromatic rings. The number of nitrogens with one attached hydrogen (secondary N) is 1. The molecule has 0 bridgehead atoms. The van der Waals surface area contributed by atoms with Gasteiger partial charge in [-0.2, -0.15) is 4.31 Å². The molecule has 16 heavy (non-hydrogen) atoms. The van der Waals surface area contributed by atoms with Crippen LogP contribution in [-0.2, 0) is 10.0 Å². The zero-order valence-electron chi connectivity index (χ0n) is 10.4. The normalized spacial score (nSPS) is 23.5. The van der Waals surface area contributed by atoms with Gasteiger partial charge in [0.15, 0.2) is 0 Å². The topological polar surface area (TPSA) is 49.4 Å². The molecule has 1 N–H and O–H groups in total. The van der Waals surface area contributed by atoms with Crippen LogP contribution in [0.15, 0.2) is 0 Å². The largest absolute Gasteiger partial charge is 0.319 e. The van der Waals surface area contributed by atoms with Gasteiger partial charge < -0.3 is 5.32 Å². The number of piperidine rings is 1. The van der Waals surface area contributed by atoms with E-state index in [9.17, 15) is 8.42 Å². The molecule has 96 valence electrons. The molecule has 1 aliphatic rings. The van der Waals surface area contributed by atoms with E-state index < -0.39 is 10.0 Å². The smallest absolute Gasteiger partial charge is 0.215 e. The highest BCUT2D eigenvalue weighted by molar-refractivity contribution is 7.89. The fraction of sp³-hybridized carbons (Fsp3) is 1.00. The summed E-state index contributed by atoms with van der Waals surface area (Å²) in [4.78, 5) is 0. The van der Waals surface area contributed by atoms with Crippen LogP contribution in [0, 0.1) is 0 Å². The van der Waals surface area contributed by atoms with Gasteiger partial charge in [-0.1, -0.05) is 19.8 Å². The standard InChI is InChI=1S/C11H24N2O2S/c1-3-6-11-7-4-5-9-13(11)16(14,15)10-8-12-2/h11-12H,3-10H2,1-2H3. The third-order valence-corrected chi connectivity index (χ3v) is 5.08. The molecule has 1 heterocycles. The Morgan fingerprint density at radius 2 is 2.12 bits per heavy atom. The minimum atomic E-state index is -3.05. The first-order valence-electron chi connectivity index (χ1n) is 6.26. The van der Waals surface area contributed by atoms with Gasteiger partial charge in [0.2, 0.25) is 10.0 Å². The summed E-state index contributed by atoms with van der Waals surface area (Å²) in [6.45, 7) is 3.38. The van der Waals surface area contributed by atoms with Crippen LogP contribution in [0.3, 0.4) is 0 Å². The maximum atomic E-state index is 12.1. The molecule has 4 nitrogen and oxygen atoms in total. The predicted molar refractivity (Wildman–Crippen MR) is 67.0 cm³/mol. The second-order valence-corrected chi connectivity index (χ2v) is 6.51. The van der Waals surface area contributed by atoms with Crippen LogP contribution in [-0.4, -0.2) is 44.7 Å². The minimum Gasteiger partial charge on any atom is -0.319 e. The van der Waals surface area contributed by atoms with E-state index in [1.807, 2.05) is 0 Å². The summed E-state index contributed by atoms with van der Waals surface area (Å²) in [5.74, 6) is 0.226. The number of hydrogen-bond acceptors (Lipinski definition) is 3. The molecule has 1 fully saturated rings. The van der Waals surface area contributed by atoms with Crippen LogP contribution in [0.4, 0.5) is 0 Å². The average molecular weight is 248 g/mol. The van der Waals surface area contributed by atoms with E-state index in [-0.39, 0.29) is 11.8 Å². The van der Waals surface area contributed by atoms with Gasteiger partial charge in [0.05, 0.1) is 5.75 Å². The summed E-state index contributed by atoms with van der Waals surface area (Å²) < 4.78 is 26.0. The lowest BCUT2D eigenvalue weighted by Crippen LogP contribution is -2.45. The summed E-state index contributed by atoms with van der Waals surface area (Å²) in [5, 5.41) is 2.90. The van der Waals surface area contributed by atoms with Crippen LogP contribution < -0.4 is 5.32 Å². The van der Waals surface area contributed by atoms with Crippen molar-refractivity contribution in [3.8, 4) is 0 Å². The lowest BCUT2D eigenvalue weighted by atomic mass is 10.0. The lowest BCUT2D eigenvalue weighted by molar-refractivity contribution is 0.239. The summed E-state index contributed by atoms with van der Waals surface area (Å²) in [6.07, 6.45) is 5.27. The van der Waals surface area contributed by atoms with Crippen molar-refractivity contribution in [2.45, 2.75) is 45.1 Å². The van der Waals surface area contributed by atoms with Crippen molar-refractivity contribution >= 4 is 10.0 Å². The Hall–Kier alpha value is -0.130. The van der Waals surface area contributed by atoms with Crippen molar-refractivity contribution < 1.29 is 8.42 Å². The molecule has 0 aromatic carbocycles. The Kier molecular flexibility index (Phi) is 5.72. The molecular weight excluding hydrogens is 224 g/mol. The van der Waals surface area contributed by atoms with Crippen LogP contribution in [0.25, 0.3) is 0 Å². The van der Waals surface area contributed by atoms with Gasteiger partial charge in [-0.05, 0) is 26.3 Å². The molecule has 1 atom stereocenters. The van der Waals surface area contributed by atoms with Crippen LogP contribution >= 0.6 is 0 Å². The SMILES string of the molecule is CCCC1CCCCN1S(=O)(=O)CCNC. The van der Waals surface area contributed by atoms with Gasteiger partial charge in [0.25, 0.3) is 0 Å². The summed E-state index contributed by atoms with van der Waals surface area (Å²) >= 11 is 0. The van der Waals surface area contributed by atoms with E-state index >= 15 is 0 Å². The average Bonchev–Trinajstić information content (AvgIpc) is 2.27. The predicted octanol–water partition coefficient (Wildman–Crippen LogP) is 1.19. The van der Waals surface area contributed by atoms with Crippen molar-refractivity contribution in [1.29, 1.82) is 0 Å². The zero-order valence-corrected chi connectivity index (χ0v) is 11.2. The van der Waals surface area contributed by atoms with Crippen LogP contribution in [0.5, 0.6) is 0 Å². The van der Waals surface area contributed by atoms with Gasteiger partial charge in [-0.15, -0.1) is 0 Å². The molecule has 0 aliphatic carbocycles. The third kappa shape index (κ3) is 3.71. The van der Waals surface area contributed by atoms with Crippen LogP contribution in [0.1, 0.15) is 39.0 Å². The summed E-state index contributed by atoms with van der Waals surface area (Å²) in [5.41, 5.74) is 0. The van der Waals surface area contributed by atoms with Gasteiger partial charge in [0, 0.05) is 19.1 Å². The van der Waals surface area contributed by atoms with E-state index in [0.29, 0.717) is 6.54 Å². The highest BCUT2D eigenvalue weighted by Crippen LogP contribution is 2.23. The lowest BCUT2D eigenvalue weighted by Gasteiger charge is -2.34. The monoisotopic (exact) mass is 248 g/mol. The molecule has 1 saturated heterocycles. The number of sulfonamides is 1. The quantitative estimate of drug-likeness (QED) is 0.768. The summed E-state index contributed by atoms with van der Waals surface area (Å²) in [6, 6.07) is 0.251. The van der Waals surface area contributed by atoms with Crippen molar-refractivity contribution in [3.63, 3.8) is 0 Å². The molecule has 1 rings (SSSR count). The Morgan fingerprint density at radius 1 is 1.38 bits per heavy atom. The maximum absolute atomic E-state index is 12.1. The van der Waals surface area contributed by atoms with E-state index in [4.69, 9.17) is 0 Å². The fourth-order valence-electron chi connectivity index (χ4n) is 2.31. The van der Waals surface area contributed by atoms with E-state index in [1.54, 1.807) is 11.4 Å². The second-order valence-electron chi connectivity index (χ2n) is 4.47. The number of hydrogen-bond donors (Lipinski definition) is 1. The van der Waals surface area contributed by atoms with E-state index in [2.05, 4.69) is 12.2 Å². The zero-order chi connectivity index (χ0) is 12.0. The van der Waals surface area contributed by atoms with E-state index in [0.717, 1.165) is 32.2 Å². The Labute approximate surface area is 99.5 Å². The van der Waals surface area contributed by atoms with Crippen molar-refractivity contribution in [3.05, 3.63) is 0 Å². The molecule has 1 unspecified atom stereocenters. The van der Waals surface area contributed by atoms with Gasteiger partial charge in [0.1, 0.15) is 0 Å². The van der Waals surface area contributed by atoms with Crippen molar-refractivity contribution in [1.82, 2.24) is 9.62 Å². The third-order valence-electron chi connectivity index (χ3n) is 3.16. The molecule has 1 aliphatic heterocycles.